The molecular weight excluding hydrogens is 390 g/mol. The highest BCUT2D eigenvalue weighted by Gasteiger charge is 2.32. The van der Waals surface area contributed by atoms with Crippen LogP contribution in [0.4, 0.5) is 4.79 Å². The highest BCUT2D eigenvalue weighted by molar-refractivity contribution is 5.93. The van der Waals surface area contributed by atoms with E-state index in [1.165, 1.54) is 0 Å². The Labute approximate surface area is 185 Å². The summed E-state index contributed by atoms with van der Waals surface area (Å²) in [6, 6.07) is 21.5. The van der Waals surface area contributed by atoms with Gasteiger partial charge in [-0.15, -0.1) is 0 Å². The average molecular weight is 424 g/mol. The van der Waals surface area contributed by atoms with Crippen LogP contribution in [0.3, 0.4) is 0 Å². The fourth-order valence-electron chi connectivity index (χ4n) is 2.74. The molecule has 0 bridgehead atoms. The van der Waals surface area contributed by atoms with Crippen molar-refractivity contribution >= 4 is 12.0 Å². The zero-order valence-electron chi connectivity index (χ0n) is 19.1. The summed E-state index contributed by atoms with van der Waals surface area (Å²) in [5.41, 5.74) is 6.49. The van der Waals surface area contributed by atoms with Crippen LogP contribution in [0.1, 0.15) is 45.7 Å². The summed E-state index contributed by atoms with van der Waals surface area (Å²) in [5, 5.41) is 8.27. The van der Waals surface area contributed by atoms with Crippen molar-refractivity contribution < 1.29 is 14.3 Å². The van der Waals surface area contributed by atoms with Crippen LogP contribution in [-0.2, 0) is 21.4 Å². The van der Waals surface area contributed by atoms with Crippen molar-refractivity contribution in [3.8, 4) is 6.07 Å². The van der Waals surface area contributed by atoms with Gasteiger partial charge in [0.2, 0.25) is 5.91 Å². The van der Waals surface area contributed by atoms with Gasteiger partial charge in [0, 0.05) is 12.0 Å². The van der Waals surface area contributed by atoms with Gasteiger partial charge in [0.1, 0.15) is 5.60 Å². The summed E-state index contributed by atoms with van der Waals surface area (Å²) in [6.45, 7) is 9.22. The predicted octanol–water partition coefficient (Wildman–Crippen LogP) is 4.44. The standard InChI is InChI=1S/C17H26N2O3.C8H7N/c1-16(2,3)22-15(21)19(14(20)11-18)12-17(4,5)13-9-7-6-8-10-13;9-7-6-8-4-2-1-3-5-8/h6-10H,11-12,18H2,1-5H3;1-5H,6H2. The molecule has 0 fully saturated rings. The summed E-state index contributed by atoms with van der Waals surface area (Å²) in [4.78, 5) is 25.4. The predicted molar refractivity (Wildman–Crippen MR) is 122 cm³/mol. The van der Waals surface area contributed by atoms with Gasteiger partial charge in [-0.1, -0.05) is 74.5 Å². The largest absolute Gasteiger partial charge is 0.443 e. The molecule has 0 aliphatic heterocycles. The molecule has 2 amide bonds. The number of ether oxygens (including phenoxy) is 1. The molecule has 0 saturated carbocycles. The summed E-state index contributed by atoms with van der Waals surface area (Å²) in [5.74, 6) is -0.446. The Bertz CT molecular complexity index is 866. The SMILES string of the molecule is CC(C)(C)OC(=O)N(CC(C)(C)c1ccccc1)C(=O)CN.N#CCc1ccccc1. The Hall–Kier alpha value is -3.17. The van der Waals surface area contributed by atoms with Crippen molar-refractivity contribution in [1.82, 2.24) is 4.90 Å². The molecule has 0 aliphatic rings. The molecule has 6 nitrogen and oxygen atoms in total. The minimum absolute atomic E-state index is 0.210. The van der Waals surface area contributed by atoms with Crippen LogP contribution in [0.2, 0.25) is 0 Å². The van der Waals surface area contributed by atoms with Crippen molar-refractivity contribution in [2.24, 2.45) is 5.73 Å². The number of nitrogens with zero attached hydrogens (tertiary/aromatic N) is 2. The molecule has 0 saturated heterocycles. The van der Waals surface area contributed by atoms with Gasteiger partial charge in [-0.25, -0.2) is 9.69 Å². The number of carbonyl (C=O) groups excluding carboxylic acids is 2. The molecule has 6 heteroatoms. The molecule has 0 aliphatic carbocycles. The summed E-state index contributed by atoms with van der Waals surface area (Å²) in [6.07, 6.45) is -0.146. The third kappa shape index (κ3) is 9.45. The number of rotatable bonds is 5. The Morgan fingerprint density at radius 2 is 1.48 bits per heavy atom. The lowest BCUT2D eigenvalue weighted by molar-refractivity contribution is -0.129. The van der Waals surface area contributed by atoms with E-state index in [0.717, 1.165) is 16.0 Å². The van der Waals surface area contributed by atoms with Crippen LogP contribution in [0, 0.1) is 11.3 Å². The lowest BCUT2D eigenvalue weighted by Crippen LogP contribution is -2.48. The molecule has 2 rings (SSSR count). The Kier molecular flexibility index (Phi) is 9.91. The van der Waals surface area contributed by atoms with Crippen molar-refractivity contribution in [2.45, 2.75) is 52.1 Å². The molecule has 0 heterocycles. The van der Waals surface area contributed by atoms with Crippen molar-refractivity contribution in [3.63, 3.8) is 0 Å². The molecule has 0 spiro atoms. The minimum atomic E-state index is -0.666. The van der Waals surface area contributed by atoms with Gasteiger partial charge in [0.25, 0.3) is 0 Å². The minimum Gasteiger partial charge on any atom is -0.443 e. The van der Waals surface area contributed by atoms with Crippen LogP contribution in [-0.4, -0.2) is 35.6 Å². The van der Waals surface area contributed by atoms with E-state index in [4.69, 9.17) is 15.7 Å². The van der Waals surface area contributed by atoms with Gasteiger partial charge in [-0.05, 0) is 31.9 Å². The van der Waals surface area contributed by atoms with Crippen LogP contribution < -0.4 is 5.73 Å². The van der Waals surface area contributed by atoms with Crippen molar-refractivity contribution in [3.05, 3.63) is 71.8 Å². The Morgan fingerprint density at radius 3 is 1.94 bits per heavy atom. The second-order valence-corrected chi connectivity index (χ2v) is 8.73. The van der Waals surface area contributed by atoms with E-state index in [1.54, 1.807) is 20.8 Å². The number of nitrogens with two attached hydrogens (primary N) is 1. The van der Waals surface area contributed by atoms with E-state index >= 15 is 0 Å². The zero-order valence-corrected chi connectivity index (χ0v) is 19.1. The normalized spacial score (nSPS) is 10.9. The zero-order chi connectivity index (χ0) is 23.5. The van der Waals surface area contributed by atoms with Crippen molar-refractivity contribution in [1.29, 1.82) is 5.26 Å². The summed E-state index contributed by atoms with van der Waals surface area (Å²) < 4.78 is 5.32. The third-order valence-corrected chi connectivity index (χ3v) is 4.32. The molecule has 2 aromatic rings. The van der Waals surface area contributed by atoms with E-state index in [-0.39, 0.29) is 13.1 Å². The number of benzene rings is 2. The first-order valence-corrected chi connectivity index (χ1v) is 10.2. The van der Waals surface area contributed by atoms with E-state index in [2.05, 4.69) is 6.07 Å². The highest BCUT2D eigenvalue weighted by Crippen LogP contribution is 2.25. The molecule has 0 aromatic heterocycles. The van der Waals surface area contributed by atoms with Crippen LogP contribution in [0.15, 0.2) is 60.7 Å². The molecule has 2 N–H and O–H groups in total. The maximum absolute atomic E-state index is 12.3. The monoisotopic (exact) mass is 423 g/mol. The molecule has 2 aromatic carbocycles. The van der Waals surface area contributed by atoms with Gasteiger partial charge < -0.3 is 10.5 Å². The molecule has 0 unspecified atom stereocenters. The molecule has 0 atom stereocenters. The molecule has 0 radical (unpaired) electrons. The molecular formula is C25H33N3O3. The topological polar surface area (TPSA) is 96.4 Å². The maximum Gasteiger partial charge on any atom is 0.417 e. The van der Waals surface area contributed by atoms with E-state index in [9.17, 15) is 9.59 Å². The van der Waals surface area contributed by atoms with Gasteiger partial charge in [-0.2, -0.15) is 5.26 Å². The smallest absolute Gasteiger partial charge is 0.417 e. The van der Waals surface area contributed by atoms with E-state index in [1.807, 2.05) is 74.5 Å². The van der Waals surface area contributed by atoms with Gasteiger partial charge in [0.15, 0.2) is 0 Å². The van der Waals surface area contributed by atoms with Gasteiger partial charge >= 0.3 is 6.09 Å². The molecule has 166 valence electrons. The fraction of sp³-hybridized carbons (Fsp3) is 0.400. The molecule has 31 heavy (non-hydrogen) atoms. The lowest BCUT2D eigenvalue weighted by Gasteiger charge is -2.33. The third-order valence-electron chi connectivity index (χ3n) is 4.32. The Balaban J connectivity index is 0.000000442. The number of imide groups is 1. The maximum atomic E-state index is 12.3. The second-order valence-electron chi connectivity index (χ2n) is 8.73. The number of carbonyl (C=O) groups is 2. The summed E-state index contributed by atoms with van der Waals surface area (Å²) in [7, 11) is 0. The quantitative estimate of drug-likeness (QED) is 0.767. The van der Waals surface area contributed by atoms with Crippen LogP contribution in [0.25, 0.3) is 0 Å². The fourth-order valence-corrected chi connectivity index (χ4v) is 2.74. The number of amides is 2. The van der Waals surface area contributed by atoms with E-state index < -0.39 is 23.0 Å². The van der Waals surface area contributed by atoms with Crippen LogP contribution in [0.5, 0.6) is 0 Å². The number of nitriles is 1. The van der Waals surface area contributed by atoms with Crippen LogP contribution >= 0.6 is 0 Å². The number of hydrogen-bond donors (Lipinski definition) is 1. The summed E-state index contributed by atoms with van der Waals surface area (Å²) >= 11 is 0. The average Bonchev–Trinajstić information content (AvgIpc) is 2.72. The van der Waals surface area contributed by atoms with E-state index in [0.29, 0.717) is 6.42 Å². The highest BCUT2D eigenvalue weighted by atomic mass is 16.6. The lowest BCUT2D eigenvalue weighted by atomic mass is 9.84. The van der Waals surface area contributed by atoms with Gasteiger partial charge in [0.05, 0.1) is 19.0 Å². The van der Waals surface area contributed by atoms with Gasteiger partial charge in [-0.3, -0.25) is 4.79 Å². The first-order chi connectivity index (χ1) is 14.5. The second kappa shape index (κ2) is 11.9. The first kappa shape index (κ1) is 25.9. The number of hydrogen-bond acceptors (Lipinski definition) is 5. The first-order valence-electron chi connectivity index (χ1n) is 10.2. The van der Waals surface area contributed by atoms with Crippen molar-refractivity contribution in [2.75, 3.05) is 13.1 Å². The Morgan fingerprint density at radius 1 is 0.968 bits per heavy atom.